The molecule has 0 aliphatic heterocycles. The molecule has 1 heterocycles. The van der Waals surface area contributed by atoms with Crippen LogP contribution in [-0.2, 0) is 13.0 Å². The van der Waals surface area contributed by atoms with E-state index in [2.05, 4.69) is 20.6 Å². The summed E-state index contributed by atoms with van der Waals surface area (Å²) in [7, 11) is 0. The molecule has 0 unspecified atom stereocenters. The summed E-state index contributed by atoms with van der Waals surface area (Å²) in [6.07, 6.45) is 2.47. The van der Waals surface area contributed by atoms with E-state index in [1.807, 2.05) is 26.1 Å². The lowest BCUT2D eigenvalue weighted by atomic mass is 10.1. The van der Waals surface area contributed by atoms with Gasteiger partial charge in [0.05, 0.1) is 6.54 Å². The number of nitrogens with zero attached hydrogens (tertiary/aromatic N) is 2. The van der Waals surface area contributed by atoms with Crippen molar-refractivity contribution >= 4 is 41.3 Å². The monoisotopic (exact) mass is 448 g/mol. The molecule has 2 rings (SSSR count). The summed E-state index contributed by atoms with van der Waals surface area (Å²) in [6, 6.07) is 6.84. The SMILES string of the molecule is CCNC(=NCc1ncc(C)s1)NCCc1ccccc1F.I. The summed E-state index contributed by atoms with van der Waals surface area (Å²) >= 11 is 1.65. The molecule has 0 spiro atoms. The molecule has 0 amide bonds. The van der Waals surface area contributed by atoms with Crippen LogP contribution in [0.15, 0.2) is 35.5 Å². The maximum Gasteiger partial charge on any atom is 0.191 e. The first-order chi connectivity index (χ1) is 10.7. The largest absolute Gasteiger partial charge is 0.357 e. The first-order valence-corrected chi connectivity index (χ1v) is 8.17. The molecule has 0 saturated heterocycles. The molecule has 7 heteroatoms. The lowest BCUT2D eigenvalue weighted by Crippen LogP contribution is -2.38. The number of hydrogen-bond donors (Lipinski definition) is 2. The lowest BCUT2D eigenvalue weighted by molar-refractivity contribution is 0.606. The molecule has 1 aromatic carbocycles. The van der Waals surface area contributed by atoms with Gasteiger partial charge in [0.25, 0.3) is 0 Å². The highest BCUT2D eigenvalue weighted by molar-refractivity contribution is 14.0. The second-order valence-electron chi connectivity index (χ2n) is 4.83. The third-order valence-electron chi connectivity index (χ3n) is 3.03. The Hall–Kier alpha value is -1.22. The molecule has 0 atom stereocenters. The van der Waals surface area contributed by atoms with E-state index in [-0.39, 0.29) is 29.8 Å². The number of rotatable bonds is 6. The van der Waals surface area contributed by atoms with Crippen LogP contribution in [0.5, 0.6) is 0 Å². The molecule has 4 nitrogen and oxygen atoms in total. The normalized spacial score (nSPS) is 11.0. The van der Waals surface area contributed by atoms with Crippen molar-refractivity contribution in [2.24, 2.45) is 4.99 Å². The number of hydrogen-bond acceptors (Lipinski definition) is 3. The number of nitrogens with one attached hydrogen (secondary N) is 2. The molecule has 126 valence electrons. The van der Waals surface area contributed by atoms with Gasteiger partial charge in [-0.2, -0.15) is 0 Å². The highest BCUT2D eigenvalue weighted by Gasteiger charge is 2.03. The van der Waals surface area contributed by atoms with Gasteiger partial charge in [-0.25, -0.2) is 14.4 Å². The highest BCUT2D eigenvalue weighted by Crippen LogP contribution is 2.11. The van der Waals surface area contributed by atoms with Crippen LogP contribution in [0, 0.1) is 12.7 Å². The zero-order valence-electron chi connectivity index (χ0n) is 13.3. The third-order valence-corrected chi connectivity index (χ3v) is 3.93. The molecule has 2 aromatic rings. The minimum Gasteiger partial charge on any atom is -0.357 e. The van der Waals surface area contributed by atoms with Crippen molar-refractivity contribution in [3.8, 4) is 0 Å². The van der Waals surface area contributed by atoms with Gasteiger partial charge in [0.2, 0.25) is 0 Å². The molecule has 23 heavy (non-hydrogen) atoms. The number of aromatic nitrogens is 1. The van der Waals surface area contributed by atoms with Crippen LogP contribution in [0.2, 0.25) is 0 Å². The van der Waals surface area contributed by atoms with E-state index in [0.717, 1.165) is 17.5 Å². The van der Waals surface area contributed by atoms with Gasteiger partial charge >= 0.3 is 0 Å². The minimum atomic E-state index is -0.162. The van der Waals surface area contributed by atoms with Crippen molar-refractivity contribution in [3.63, 3.8) is 0 Å². The van der Waals surface area contributed by atoms with Crippen LogP contribution in [0.25, 0.3) is 0 Å². The Balaban J connectivity index is 0.00000264. The maximum absolute atomic E-state index is 13.6. The lowest BCUT2D eigenvalue weighted by Gasteiger charge is -2.11. The van der Waals surface area contributed by atoms with Crippen molar-refractivity contribution < 1.29 is 4.39 Å². The Kier molecular flexibility index (Phi) is 9.08. The van der Waals surface area contributed by atoms with Crippen LogP contribution >= 0.6 is 35.3 Å². The zero-order valence-corrected chi connectivity index (χ0v) is 16.5. The average Bonchev–Trinajstić information content (AvgIpc) is 2.92. The highest BCUT2D eigenvalue weighted by atomic mass is 127. The molecule has 0 aliphatic rings. The number of thiazole rings is 1. The molecule has 0 radical (unpaired) electrons. The molecule has 0 aliphatic carbocycles. The van der Waals surface area contributed by atoms with Crippen molar-refractivity contribution in [1.82, 2.24) is 15.6 Å². The van der Waals surface area contributed by atoms with Gasteiger partial charge in [-0.3, -0.25) is 0 Å². The predicted molar refractivity (Wildman–Crippen MR) is 105 cm³/mol. The van der Waals surface area contributed by atoms with E-state index < -0.39 is 0 Å². The quantitative estimate of drug-likeness (QED) is 0.404. The molecule has 0 bridgehead atoms. The smallest absolute Gasteiger partial charge is 0.191 e. The zero-order chi connectivity index (χ0) is 15.8. The summed E-state index contributed by atoms with van der Waals surface area (Å²) in [4.78, 5) is 9.98. The Morgan fingerprint density at radius 2 is 2.09 bits per heavy atom. The van der Waals surface area contributed by atoms with E-state index in [1.54, 1.807) is 23.5 Å². The van der Waals surface area contributed by atoms with Gasteiger partial charge in [-0.05, 0) is 31.9 Å². The van der Waals surface area contributed by atoms with Gasteiger partial charge in [-0.1, -0.05) is 18.2 Å². The van der Waals surface area contributed by atoms with E-state index >= 15 is 0 Å². The Labute approximate surface area is 157 Å². The van der Waals surface area contributed by atoms with Gasteiger partial charge in [-0.15, -0.1) is 35.3 Å². The van der Waals surface area contributed by atoms with Crippen molar-refractivity contribution in [2.75, 3.05) is 13.1 Å². The van der Waals surface area contributed by atoms with Crippen LogP contribution in [0.3, 0.4) is 0 Å². The van der Waals surface area contributed by atoms with E-state index in [1.165, 1.54) is 10.9 Å². The third kappa shape index (κ3) is 6.82. The molecule has 0 fully saturated rings. The second kappa shape index (κ2) is 10.5. The Morgan fingerprint density at radius 1 is 1.30 bits per heavy atom. The van der Waals surface area contributed by atoms with Crippen molar-refractivity contribution in [2.45, 2.75) is 26.8 Å². The van der Waals surface area contributed by atoms with Crippen LogP contribution in [-0.4, -0.2) is 24.0 Å². The van der Waals surface area contributed by atoms with E-state index in [9.17, 15) is 4.39 Å². The predicted octanol–water partition coefficient (Wildman–Crippen LogP) is 3.51. The topological polar surface area (TPSA) is 49.3 Å². The van der Waals surface area contributed by atoms with Crippen LogP contribution in [0.1, 0.15) is 22.4 Å². The summed E-state index contributed by atoms with van der Waals surface area (Å²) in [5.41, 5.74) is 0.710. The molecular weight excluding hydrogens is 426 g/mol. The van der Waals surface area contributed by atoms with Gasteiger partial charge < -0.3 is 10.6 Å². The Bertz CT molecular complexity index is 630. The maximum atomic E-state index is 13.6. The molecule has 0 saturated carbocycles. The fraction of sp³-hybridized carbons (Fsp3) is 0.375. The average molecular weight is 448 g/mol. The summed E-state index contributed by atoms with van der Waals surface area (Å²) in [6.45, 7) is 6.00. The molecular formula is C16H22FIN4S. The number of aliphatic imine (C=N–C) groups is 1. The fourth-order valence-corrected chi connectivity index (χ4v) is 2.69. The first kappa shape index (κ1) is 19.8. The number of guanidine groups is 1. The number of benzene rings is 1. The fourth-order valence-electron chi connectivity index (χ4n) is 1.98. The summed E-state index contributed by atoms with van der Waals surface area (Å²) in [5, 5.41) is 7.39. The van der Waals surface area contributed by atoms with Crippen LogP contribution in [0.4, 0.5) is 4.39 Å². The number of aryl methyl sites for hydroxylation is 1. The molecule has 1 aromatic heterocycles. The van der Waals surface area contributed by atoms with Crippen molar-refractivity contribution in [3.05, 3.63) is 51.7 Å². The molecule has 2 N–H and O–H groups in total. The minimum absolute atomic E-state index is 0. The second-order valence-corrected chi connectivity index (χ2v) is 6.15. The summed E-state index contributed by atoms with van der Waals surface area (Å²) < 4.78 is 13.6. The van der Waals surface area contributed by atoms with Crippen molar-refractivity contribution in [1.29, 1.82) is 0 Å². The first-order valence-electron chi connectivity index (χ1n) is 7.36. The van der Waals surface area contributed by atoms with Gasteiger partial charge in [0, 0.05) is 24.2 Å². The van der Waals surface area contributed by atoms with E-state index in [0.29, 0.717) is 25.1 Å². The summed E-state index contributed by atoms with van der Waals surface area (Å²) in [5.74, 6) is 0.566. The van der Waals surface area contributed by atoms with Crippen LogP contribution < -0.4 is 10.6 Å². The Morgan fingerprint density at radius 3 is 2.74 bits per heavy atom. The standard InChI is InChI=1S/C16H21FN4S.HI/c1-3-18-16(21-11-15-20-10-12(2)22-15)19-9-8-13-6-4-5-7-14(13)17;/h4-7,10H,3,8-9,11H2,1-2H3,(H2,18,19,21);1H. The van der Waals surface area contributed by atoms with Gasteiger partial charge in [0.1, 0.15) is 10.8 Å². The van der Waals surface area contributed by atoms with Gasteiger partial charge in [0.15, 0.2) is 5.96 Å². The van der Waals surface area contributed by atoms with E-state index in [4.69, 9.17) is 0 Å². The number of halogens is 2.